The molecule has 2 rings (SSSR count). The van der Waals surface area contributed by atoms with E-state index in [1.807, 2.05) is 12.1 Å². The van der Waals surface area contributed by atoms with Crippen molar-refractivity contribution in [3.05, 3.63) is 70.8 Å². The lowest BCUT2D eigenvalue weighted by Crippen LogP contribution is -2.13. The van der Waals surface area contributed by atoms with Crippen molar-refractivity contribution >= 4 is 0 Å². The van der Waals surface area contributed by atoms with Crippen LogP contribution in [0.4, 0.5) is 8.78 Å². The molecule has 0 aliphatic heterocycles. The summed E-state index contributed by atoms with van der Waals surface area (Å²) in [5, 5.41) is 0. The Kier molecular flexibility index (Phi) is 4.50. The van der Waals surface area contributed by atoms with Gasteiger partial charge in [0.1, 0.15) is 0 Å². The minimum atomic E-state index is -0.854. The number of halogens is 2. The van der Waals surface area contributed by atoms with Crippen LogP contribution in [0.1, 0.15) is 42.5 Å². The number of nitrogens with two attached hydrogens (primary N) is 1. The Morgan fingerprint density at radius 2 is 1.50 bits per heavy atom. The van der Waals surface area contributed by atoms with Crippen molar-refractivity contribution < 1.29 is 8.78 Å². The highest BCUT2D eigenvalue weighted by atomic mass is 19.2. The number of benzene rings is 2. The van der Waals surface area contributed by atoms with Gasteiger partial charge in [0.25, 0.3) is 0 Å². The molecule has 0 radical (unpaired) electrons. The van der Waals surface area contributed by atoms with E-state index in [1.165, 1.54) is 17.7 Å². The summed E-state index contributed by atoms with van der Waals surface area (Å²) in [6, 6.07) is 11.7. The van der Waals surface area contributed by atoms with Gasteiger partial charge in [-0.3, -0.25) is 0 Å². The first kappa shape index (κ1) is 14.7. The summed E-state index contributed by atoms with van der Waals surface area (Å²) in [4.78, 5) is 0. The maximum absolute atomic E-state index is 13.2. The molecule has 106 valence electrons. The Morgan fingerprint density at radius 3 is 2.05 bits per heavy atom. The van der Waals surface area contributed by atoms with Crippen molar-refractivity contribution in [3.8, 4) is 0 Å². The van der Waals surface area contributed by atoms with Gasteiger partial charge in [-0.25, -0.2) is 8.78 Å². The zero-order valence-electron chi connectivity index (χ0n) is 11.7. The Hall–Kier alpha value is -1.74. The normalized spacial score (nSPS) is 12.7. The number of hydrogen-bond donors (Lipinski definition) is 1. The highest BCUT2D eigenvalue weighted by Crippen LogP contribution is 2.20. The second kappa shape index (κ2) is 6.14. The van der Waals surface area contributed by atoms with Gasteiger partial charge >= 0.3 is 0 Å². The quantitative estimate of drug-likeness (QED) is 0.883. The van der Waals surface area contributed by atoms with E-state index in [0.717, 1.165) is 11.6 Å². The van der Waals surface area contributed by atoms with E-state index in [-0.39, 0.29) is 6.04 Å². The summed E-state index contributed by atoms with van der Waals surface area (Å²) in [5.74, 6) is -1.21. The Balaban J connectivity index is 2.10. The lowest BCUT2D eigenvalue weighted by molar-refractivity contribution is 0.505. The summed E-state index contributed by atoms with van der Waals surface area (Å²) in [5.41, 5.74) is 9.03. The summed E-state index contributed by atoms with van der Waals surface area (Å²) in [7, 11) is 0. The standard InChI is InChI=1S/C17H19F2N/c1-11(2)13-5-3-12(4-6-13)9-17(20)14-7-8-15(18)16(19)10-14/h3-8,10-11,17H,9,20H2,1-2H3. The number of rotatable bonds is 4. The van der Waals surface area contributed by atoms with Crippen molar-refractivity contribution in [2.24, 2.45) is 5.73 Å². The molecule has 3 heteroatoms. The molecule has 1 nitrogen and oxygen atoms in total. The minimum absolute atomic E-state index is 0.338. The highest BCUT2D eigenvalue weighted by Gasteiger charge is 2.10. The van der Waals surface area contributed by atoms with Gasteiger partial charge in [0, 0.05) is 6.04 Å². The van der Waals surface area contributed by atoms with Gasteiger partial charge in [-0.1, -0.05) is 44.2 Å². The Labute approximate surface area is 118 Å². The molecular formula is C17H19F2N. The van der Waals surface area contributed by atoms with Crippen LogP contribution in [-0.2, 0) is 6.42 Å². The van der Waals surface area contributed by atoms with Gasteiger partial charge in [-0.05, 0) is 41.2 Å². The average molecular weight is 275 g/mol. The summed E-state index contributed by atoms with van der Waals surface area (Å²) in [6.45, 7) is 4.28. The molecule has 0 aromatic heterocycles. The maximum Gasteiger partial charge on any atom is 0.159 e. The van der Waals surface area contributed by atoms with E-state index in [2.05, 4.69) is 26.0 Å². The Morgan fingerprint density at radius 1 is 0.900 bits per heavy atom. The van der Waals surface area contributed by atoms with Crippen LogP contribution in [0.5, 0.6) is 0 Å². The molecule has 20 heavy (non-hydrogen) atoms. The van der Waals surface area contributed by atoms with Crippen LogP contribution in [0.2, 0.25) is 0 Å². The summed E-state index contributed by atoms with van der Waals surface area (Å²) in [6.07, 6.45) is 0.601. The minimum Gasteiger partial charge on any atom is -0.324 e. The molecule has 0 saturated heterocycles. The van der Waals surface area contributed by atoms with Crippen LogP contribution in [0, 0.1) is 11.6 Å². The molecular weight excluding hydrogens is 256 g/mol. The molecule has 2 N–H and O–H groups in total. The molecule has 0 aliphatic rings. The number of hydrogen-bond acceptors (Lipinski definition) is 1. The fourth-order valence-electron chi connectivity index (χ4n) is 2.15. The molecule has 0 heterocycles. The van der Waals surface area contributed by atoms with Crippen LogP contribution in [0.3, 0.4) is 0 Å². The second-order valence-corrected chi connectivity index (χ2v) is 5.38. The largest absolute Gasteiger partial charge is 0.324 e. The molecule has 2 aromatic rings. The lowest BCUT2D eigenvalue weighted by Gasteiger charge is -2.13. The van der Waals surface area contributed by atoms with E-state index in [1.54, 1.807) is 0 Å². The van der Waals surface area contributed by atoms with Crippen LogP contribution < -0.4 is 5.73 Å². The molecule has 0 saturated carbocycles. The van der Waals surface area contributed by atoms with E-state index < -0.39 is 11.6 Å². The lowest BCUT2D eigenvalue weighted by atomic mass is 9.96. The van der Waals surface area contributed by atoms with Gasteiger partial charge in [-0.2, -0.15) is 0 Å². The van der Waals surface area contributed by atoms with Gasteiger partial charge in [-0.15, -0.1) is 0 Å². The monoisotopic (exact) mass is 275 g/mol. The third kappa shape index (κ3) is 3.42. The Bertz CT molecular complexity index is 576. The van der Waals surface area contributed by atoms with E-state index in [0.29, 0.717) is 17.9 Å². The first-order valence-corrected chi connectivity index (χ1v) is 6.76. The van der Waals surface area contributed by atoms with Gasteiger partial charge in [0.15, 0.2) is 11.6 Å². The van der Waals surface area contributed by atoms with Crippen LogP contribution in [0.25, 0.3) is 0 Å². The predicted molar refractivity (Wildman–Crippen MR) is 77.5 cm³/mol. The van der Waals surface area contributed by atoms with Crippen LogP contribution in [0.15, 0.2) is 42.5 Å². The van der Waals surface area contributed by atoms with E-state index in [9.17, 15) is 8.78 Å². The van der Waals surface area contributed by atoms with Gasteiger partial charge in [0.2, 0.25) is 0 Å². The van der Waals surface area contributed by atoms with Crippen molar-refractivity contribution in [2.45, 2.75) is 32.2 Å². The predicted octanol–water partition coefficient (Wildman–Crippen LogP) is 4.33. The van der Waals surface area contributed by atoms with Crippen molar-refractivity contribution in [3.63, 3.8) is 0 Å². The summed E-state index contributed by atoms with van der Waals surface area (Å²) >= 11 is 0. The molecule has 0 aliphatic carbocycles. The zero-order chi connectivity index (χ0) is 14.7. The molecule has 2 aromatic carbocycles. The maximum atomic E-state index is 13.2. The molecule has 0 spiro atoms. The molecule has 1 atom stereocenters. The van der Waals surface area contributed by atoms with Crippen molar-refractivity contribution in [1.29, 1.82) is 0 Å². The topological polar surface area (TPSA) is 26.0 Å². The fraction of sp³-hybridized carbons (Fsp3) is 0.294. The molecule has 0 amide bonds. The van der Waals surface area contributed by atoms with E-state index >= 15 is 0 Å². The summed E-state index contributed by atoms with van der Waals surface area (Å²) < 4.78 is 26.1. The SMILES string of the molecule is CC(C)c1ccc(CC(N)c2ccc(F)c(F)c2)cc1. The average Bonchev–Trinajstić information content (AvgIpc) is 2.42. The smallest absolute Gasteiger partial charge is 0.159 e. The van der Waals surface area contributed by atoms with Crippen molar-refractivity contribution in [2.75, 3.05) is 0 Å². The van der Waals surface area contributed by atoms with Gasteiger partial charge in [0.05, 0.1) is 0 Å². The zero-order valence-corrected chi connectivity index (χ0v) is 11.7. The van der Waals surface area contributed by atoms with Crippen LogP contribution >= 0.6 is 0 Å². The molecule has 0 bridgehead atoms. The van der Waals surface area contributed by atoms with Crippen LogP contribution in [-0.4, -0.2) is 0 Å². The first-order chi connectivity index (χ1) is 9.47. The third-order valence-corrected chi connectivity index (χ3v) is 3.47. The highest BCUT2D eigenvalue weighted by molar-refractivity contribution is 5.28. The van der Waals surface area contributed by atoms with Crippen molar-refractivity contribution in [1.82, 2.24) is 0 Å². The fourth-order valence-corrected chi connectivity index (χ4v) is 2.15. The first-order valence-electron chi connectivity index (χ1n) is 6.76. The van der Waals surface area contributed by atoms with E-state index in [4.69, 9.17) is 5.73 Å². The molecule has 0 fully saturated rings. The second-order valence-electron chi connectivity index (χ2n) is 5.38. The van der Waals surface area contributed by atoms with Gasteiger partial charge < -0.3 is 5.73 Å². The third-order valence-electron chi connectivity index (χ3n) is 3.47. The molecule has 1 unspecified atom stereocenters.